The fourth-order valence-corrected chi connectivity index (χ4v) is 2.90. The van der Waals surface area contributed by atoms with Crippen molar-refractivity contribution in [2.45, 2.75) is 39.0 Å². The summed E-state index contributed by atoms with van der Waals surface area (Å²) in [5, 5.41) is 19.0. The molecule has 0 radical (unpaired) electrons. The number of carboxylic acids is 1. The van der Waals surface area contributed by atoms with Gasteiger partial charge in [0.05, 0.1) is 5.41 Å². The molecular weight excluding hydrogens is 228 g/mol. The Hall–Kier alpha value is -1.51. The highest BCUT2D eigenvalue weighted by molar-refractivity contribution is 5.75. The molecule has 2 N–H and O–H groups in total. The minimum atomic E-state index is -0.807. The summed E-state index contributed by atoms with van der Waals surface area (Å²) < 4.78 is 0. The van der Waals surface area contributed by atoms with Gasteiger partial charge in [-0.2, -0.15) is 0 Å². The summed E-state index contributed by atoms with van der Waals surface area (Å²) >= 11 is 0. The van der Waals surface area contributed by atoms with Gasteiger partial charge in [-0.05, 0) is 50.3 Å². The lowest BCUT2D eigenvalue weighted by atomic mass is 9.62. The van der Waals surface area contributed by atoms with Crippen LogP contribution in [0.2, 0.25) is 0 Å². The maximum absolute atomic E-state index is 11.5. The largest absolute Gasteiger partial charge is 0.508 e. The number of benzene rings is 1. The summed E-state index contributed by atoms with van der Waals surface area (Å²) in [6, 6.07) is 7.03. The molecule has 0 unspecified atom stereocenters. The first-order chi connectivity index (χ1) is 8.43. The molecule has 3 nitrogen and oxygen atoms in total. The van der Waals surface area contributed by atoms with Crippen molar-refractivity contribution in [1.29, 1.82) is 0 Å². The number of carbonyl (C=O) groups is 1. The summed E-state index contributed by atoms with van der Waals surface area (Å²) in [5.41, 5.74) is 0.130. The predicted octanol–water partition coefficient (Wildman–Crippen LogP) is 3.39. The van der Waals surface area contributed by atoms with E-state index in [2.05, 4.69) is 0 Å². The monoisotopic (exact) mass is 248 g/mol. The van der Waals surface area contributed by atoms with E-state index in [1.807, 2.05) is 6.07 Å². The van der Waals surface area contributed by atoms with E-state index in [0.717, 1.165) is 18.4 Å². The van der Waals surface area contributed by atoms with Crippen LogP contribution in [0.25, 0.3) is 0 Å². The molecule has 1 aliphatic carbocycles. The molecule has 0 bridgehead atoms. The standard InChI is InChI=1S/C15H20O3/c1-15(2,14(17)18)13(10-5-3-6-10)11-7-4-8-12(16)9-11/h4,7-10,13,16H,3,5-6H2,1-2H3,(H,17,18)/t13-/m1/s1. The van der Waals surface area contributed by atoms with E-state index in [4.69, 9.17) is 0 Å². The molecule has 0 aliphatic heterocycles. The lowest BCUT2D eigenvalue weighted by Crippen LogP contribution is -2.38. The zero-order chi connectivity index (χ0) is 13.3. The fourth-order valence-electron chi connectivity index (χ4n) is 2.90. The number of phenols is 1. The number of phenolic OH excluding ortho intramolecular Hbond substituents is 1. The molecule has 0 spiro atoms. The quantitative estimate of drug-likeness (QED) is 0.858. The van der Waals surface area contributed by atoms with Crippen molar-refractivity contribution in [3.63, 3.8) is 0 Å². The van der Waals surface area contributed by atoms with Gasteiger partial charge in [-0.25, -0.2) is 0 Å². The third-order valence-corrected chi connectivity index (χ3v) is 4.18. The van der Waals surface area contributed by atoms with E-state index in [0.29, 0.717) is 5.92 Å². The third kappa shape index (κ3) is 2.22. The molecule has 2 rings (SSSR count). The van der Waals surface area contributed by atoms with Gasteiger partial charge in [0.2, 0.25) is 0 Å². The van der Waals surface area contributed by atoms with Gasteiger partial charge in [0.15, 0.2) is 0 Å². The normalized spacial score (nSPS) is 18.1. The van der Waals surface area contributed by atoms with Crippen LogP contribution < -0.4 is 0 Å². The average Bonchev–Trinajstić information content (AvgIpc) is 2.22. The fraction of sp³-hybridized carbons (Fsp3) is 0.533. The second-order valence-electron chi connectivity index (χ2n) is 5.79. The SMILES string of the molecule is CC(C)(C(=O)O)[C@@H](c1cccc(O)c1)C1CCC1. The number of aromatic hydroxyl groups is 1. The van der Waals surface area contributed by atoms with E-state index >= 15 is 0 Å². The van der Waals surface area contributed by atoms with E-state index in [1.165, 1.54) is 6.42 Å². The number of hydrogen-bond donors (Lipinski definition) is 2. The third-order valence-electron chi connectivity index (χ3n) is 4.18. The van der Waals surface area contributed by atoms with Crippen LogP contribution in [-0.4, -0.2) is 16.2 Å². The molecule has 18 heavy (non-hydrogen) atoms. The Labute approximate surface area is 107 Å². The summed E-state index contributed by atoms with van der Waals surface area (Å²) in [5.74, 6) is -0.186. The van der Waals surface area contributed by atoms with E-state index in [1.54, 1.807) is 32.0 Å². The Balaban J connectivity index is 2.39. The topological polar surface area (TPSA) is 57.5 Å². The summed E-state index contributed by atoms with van der Waals surface area (Å²) in [4.78, 5) is 11.5. The maximum atomic E-state index is 11.5. The molecule has 1 aliphatic rings. The highest BCUT2D eigenvalue weighted by Crippen LogP contribution is 2.49. The van der Waals surface area contributed by atoms with Crippen molar-refractivity contribution in [1.82, 2.24) is 0 Å². The molecule has 0 saturated heterocycles. The average molecular weight is 248 g/mol. The molecule has 0 amide bonds. The second kappa shape index (κ2) is 4.63. The number of hydrogen-bond acceptors (Lipinski definition) is 2. The van der Waals surface area contributed by atoms with Gasteiger partial charge in [0.25, 0.3) is 0 Å². The molecule has 0 heterocycles. The first-order valence-corrected chi connectivity index (χ1v) is 6.45. The first kappa shape index (κ1) is 12.9. The van der Waals surface area contributed by atoms with Crippen LogP contribution in [0.4, 0.5) is 0 Å². The van der Waals surface area contributed by atoms with Gasteiger partial charge in [0, 0.05) is 5.92 Å². The van der Waals surface area contributed by atoms with Crippen LogP contribution in [0, 0.1) is 11.3 Å². The number of carboxylic acid groups (broad SMARTS) is 1. The molecule has 1 atom stereocenters. The Kier molecular flexibility index (Phi) is 3.33. The second-order valence-corrected chi connectivity index (χ2v) is 5.79. The van der Waals surface area contributed by atoms with Gasteiger partial charge in [-0.1, -0.05) is 18.6 Å². The van der Waals surface area contributed by atoms with E-state index in [9.17, 15) is 15.0 Å². The molecule has 1 aromatic rings. The van der Waals surface area contributed by atoms with Gasteiger partial charge < -0.3 is 10.2 Å². The number of aliphatic carboxylic acids is 1. The lowest BCUT2D eigenvalue weighted by molar-refractivity contribution is -0.149. The molecule has 0 aromatic heterocycles. The highest BCUT2D eigenvalue weighted by Gasteiger charge is 2.44. The van der Waals surface area contributed by atoms with Crippen LogP contribution >= 0.6 is 0 Å². The van der Waals surface area contributed by atoms with Crippen molar-refractivity contribution in [3.8, 4) is 5.75 Å². The number of rotatable bonds is 4. The molecule has 1 fully saturated rings. The van der Waals surface area contributed by atoms with Crippen molar-refractivity contribution >= 4 is 5.97 Å². The van der Waals surface area contributed by atoms with E-state index in [-0.39, 0.29) is 11.7 Å². The Morgan fingerprint density at radius 3 is 2.50 bits per heavy atom. The van der Waals surface area contributed by atoms with Crippen molar-refractivity contribution in [3.05, 3.63) is 29.8 Å². The summed E-state index contributed by atoms with van der Waals surface area (Å²) in [6.07, 6.45) is 3.34. The smallest absolute Gasteiger partial charge is 0.309 e. The van der Waals surface area contributed by atoms with Crippen molar-refractivity contribution < 1.29 is 15.0 Å². The summed E-state index contributed by atoms with van der Waals surface area (Å²) in [7, 11) is 0. The maximum Gasteiger partial charge on any atom is 0.309 e. The van der Waals surface area contributed by atoms with Gasteiger partial charge >= 0.3 is 5.97 Å². The van der Waals surface area contributed by atoms with Crippen LogP contribution in [0.15, 0.2) is 24.3 Å². The Morgan fingerprint density at radius 1 is 1.39 bits per heavy atom. The zero-order valence-electron chi connectivity index (χ0n) is 10.9. The molecule has 98 valence electrons. The van der Waals surface area contributed by atoms with E-state index < -0.39 is 11.4 Å². The van der Waals surface area contributed by atoms with Crippen LogP contribution in [0.5, 0.6) is 5.75 Å². The first-order valence-electron chi connectivity index (χ1n) is 6.45. The highest BCUT2D eigenvalue weighted by atomic mass is 16.4. The minimum absolute atomic E-state index is 0.0316. The van der Waals surface area contributed by atoms with Gasteiger partial charge in [-0.15, -0.1) is 0 Å². The molecule has 1 aromatic carbocycles. The Morgan fingerprint density at radius 2 is 2.06 bits per heavy atom. The van der Waals surface area contributed by atoms with Gasteiger partial charge in [0.1, 0.15) is 5.75 Å². The summed E-state index contributed by atoms with van der Waals surface area (Å²) in [6.45, 7) is 3.56. The van der Waals surface area contributed by atoms with Crippen molar-refractivity contribution in [2.24, 2.45) is 11.3 Å². The van der Waals surface area contributed by atoms with Gasteiger partial charge in [-0.3, -0.25) is 4.79 Å². The van der Waals surface area contributed by atoms with Crippen LogP contribution in [-0.2, 0) is 4.79 Å². The molecule has 1 saturated carbocycles. The zero-order valence-corrected chi connectivity index (χ0v) is 10.9. The van der Waals surface area contributed by atoms with Crippen LogP contribution in [0.1, 0.15) is 44.6 Å². The van der Waals surface area contributed by atoms with Crippen LogP contribution in [0.3, 0.4) is 0 Å². The molecular formula is C15H20O3. The molecule has 3 heteroatoms. The minimum Gasteiger partial charge on any atom is -0.508 e. The Bertz CT molecular complexity index is 447. The lowest BCUT2D eigenvalue weighted by Gasteiger charge is -2.41. The van der Waals surface area contributed by atoms with Crippen molar-refractivity contribution in [2.75, 3.05) is 0 Å². The predicted molar refractivity (Wildman–Crippen MR) is 69.6 cm³/mol.